The van der Waals surface area contributed by atoms with E-state index < -0.39 is 0 Å². The van der Waals surface area contributed by atoms with Gasteiger partial charge in [0, 0.05) is 104 Å². The minimum atomic E-state index is 0. The molecule has 0 aromatic heterocycles. The van der Waals surface area contributed by atoms with Crippen LogP contribution in [0.15, 0.2) is 0 Å². The van der Waals surface area contributed by atoms with Crippen molar-refractivity contribution in [1.82, 2.24) is 0 Å². The predicted molar refractivity (Wildman–Crippen MR) is 28.8 cm³/mol. The van der Waals surface area contributed by atoms with Crippen molar-refractivity contribution in [2.24, 2.45) is 0 Å². The van der Waals surface area contributed by atoms with E-state index in [4.69, 9.17) is 0 Å². The minimum absolute atomic E-state index is 0. The fourth-order valence-corrected chi connectivity index (χ4v) is 0. The van der Waals surface area contributed by atoms with E-state index in [0.717, 1.165) is 0 Å². The summed E-state index contributed by atoms with van der Waals surface area (Å²) in [6.07, 6.45) is 0. The van der Waals surface area contributed by atoms with E-state index in [1.807, 2.05) is 0 Å². The Morgan fingerprint density at radius 3 is 0.333 bits per heavy atom. The van der Waals surface area contributed by atoms with E-state index in [2.05, 4.69) is 0 Å². The van der Waals surface area contributed by atoms with Crippen LogP contribution in [0.1, 0.15) is 0 Å². The summed E-state index contributed by atoms with van der Waals surface area (Å²) in [7, 11) is 0. The van der Waals surface area contributed by atoms with Crippen molar-refractivity contribution in [2.75, 3.05) is 0 Å². The van der Waals surface area contributed by atoms with Crippen LogP contribution >= 0.6 is 0 Å². The maximum absolute atomic E-state index is 0. The Morgan fingerprint density at radius 2 is 0.333 bits per heavy atom. The molecule has 0 nitrogen and oxygen atoms in total. The standard InChI is InChI=1S/5Al.Cr. The fourth-order valence-electron chi connectivity index (χ4n) is 0. The van der Waals surface area contributed by atoms with Gasteiger partial charge in [0.1, 0.15) is 0 Å². The van der Waals surface area contributed by atoms with Gasteiger partial charge in [0.25, 0.3) is 0 Å². The maximum atomic E-state index is 0. The molecule has 0 aliphatic heterocycles. The Morgan fingerprint density at radius 1 is 0.333 bits per heavy atom. The average molecular weight is 187 g/mol. The number of hydrogen-bond donors (Lipinski definition) is 0. The first-order valence-corrected chi connectivity index (χ1v) is 0. The molecule has 6 heavy (non-hydrogen) atoms. The largest absolute Gasteiger partial charge is 0 e. The minimum Gasteiger partial charge on any atom is 0 e. The third kappa shape index (κ3) is 27.1. The van der Waals surface area contributed by atoms with Gasteiger partial charge in [0.05, 0.1) is 0 Å². The van der Waals surface area contributed by atoms with Crippen LogP contribution in [0.4, 0.5) is 0 Å². The molecule has 0 saturated heterocycles. The monoisotopic (exact) mass is 187 g/mol. The van der Waals surface area contributed by atoms with Gasteiger partial charge in [-0.3, -0.25) is 0 Å². The molecule has 0 aromatic rings. The molecule has 0 spiro atoms. The molecule has 0 N–H and O–H groups in total. The zero-order valence-corrected chi connectivity index (χ0v) is 10.3. The Balaban J connectivity index is 0. The second-order valence-electron chi connectivity index (χ2n) is 0. The van der Waals surface area contributed by atoms with Crippen molar-refractivity contribution in [1.29, 1.82) is 0 Å². The smallest absolute Gasteiger partial charge is 0 e. The van der Waals surface area contributed by atoms with Gasteiger partial charge in [-0.25, -0.2) is 0 Å². The average Bonchev–Trinajstić information content (AvgIpc) is 0. The maximum Gasteiger partial charge on any atom is 0 e. The first-order chi connectivity index (χ1) is 0. The third-order valence-corrected chi connectivity index (χ3v) is 0. The third-order valence-electron chi connectivity index (χ3n) is 0. The first kappa shape index (κ1) is 60.5. The zero-order chi connectivity index (χ0) is 0. The molecule has 21 valence electrons. The van der Waals surface area contributed by atoms with Gasteiger partial charge in [0.2, 0.25) is 0 Å². The Hall–Kier alpha value is 3.19. The Bertz CT molecular complexity index is 3.90. The topological polar surface area (TPSA) is 0 Å². The molecule has 15 radical (unpaired) electrons. The van der Waals surface area contributed by atoms with Crippen LogP contribution < -0.4 is 0 Å². The van der Waals surface area contributed by atoms with E-state index in [-0.39, 0.29) is 104 Å². The van der Waals surface area contributed by atoms with Crippen molar-refractivity contribution in [3.63, 3.8) is 0 Å². The Kier molecular flexibility index (Phi) is 419. The van der Waals surface area contributed by atoms with Crippen LogP contribution in [0.5, 0.6) is 0 Å². The predicted octanol–water partition coefficient (Wildman–Crippen LogP) is -1.91. The quantitative estimate of drug-likeness (QED) is 0.388. The second kappa shape index (κ2) is 41.6. The summed E-state index contributed by atoms with van der Waals surface area (Å²) in [6.45, 7) is 0. The molecule has 0 fully saturated rings. The molecule has 0 heterocycles. The van der Waals surface area contributed by atoms with Crippen LogP contribution in [-0.2, 0) is 17.4 Å². The molecule has 0 bridgehead atoms. The summed E-state index contributed by atoms with van der Waals surface area (Å²) >= 11 is 0. The molecule has 0 unspecified atom stereocenters. The van der Waals surface area contributed by atoms with Crippen molar-refractivity contribution in [2.45, 2.75) is 0 Å². The van der Waals surface area contributed by atoms with Crippen molar-refractivity contribution in [3.05, 3.63) is 0 Å². The number of rotatable bonds is 0. The van der Waals surface area contributed by atoms with Crippen LogP contribution in [-0.4, -0.2) is 86.8 Å². The molecule has 0 atom stereocenters. The SMILES string of the molecule is [Al].[Al].[Al].[Al].[Al].[Cr]. The zero-order valence-electron chi connectivity index (χ0n) is 3.29. The summed E-state index contributed by atoms with van der Waals surface area (Å²) in [5, 5.41) is 0. The normalized spacial score (nSPS) is 0. The molecular weight excluding hydrogens is 187 g/mol. The molecule has 6 heteroatoms. The second-order valence-corrected chi connectivity index (χ2v) is 0. The molecule has 0 amide bonds. The molecular formula is Al5Cr. The van der Waals surface area contributed by atoms with Gasteiger partial charge in [-0.15, -0.1) is 0 Å². The molecule has 0 aliphatic rings. The number of hydrogen-bond acceptors (Lipinski definition) is 0. The van der Waals surface area contributed by atoms with E-state index >= 15 is 0 Å². The summed E-state index contributed by atoms with van der Waals surface area (Å²) in [4.78, 5) is 0. The molecule has 0 aliphatic carbocycles. The summed E-state index contributed by atoms with van der Waals surface area (Å²) < 4.78 is 0. The van der Waals surface area contributed by atoms with E-state index in [0.29, 0.717) is 0 Å². The summed E-state index contributed by atoms with van der Waals surface area (Å²) in [5.41, 5.74) is 0. The molecule has 0 aromatic carbocycles. The van der Waals surface area contributed by atoms with Gasteiger partial charge in [-0.1, -0.05) is 0 Å². The van der Waals surface area contributed by atoms with Crippen molar-refractivity contribution < 1.29 is 17.4 Å². The van der Waals surface area contributed by atoms with Crippen LogP contribution in [0.3, 0.4) is 0 Å². The fraction of sp³-hybridized carbons (Fsp3) is 0. The van der Waals surface area contributed by atoms with Crippen LogP contribution in [0, 0.1) is 0 Å². The van der Waals surface area contributed by atoms with Gasteiger partial charge in [0.15, 0.2) is 0 Å². The summed E-state index contributed by atoms with van der Waals surface area (Å²) in [5.74, 6) is 0. The Labute approximate surface area is 103 Å². The molecule has 0 rings (SSSR count). The summed E-state index contributed by atoms with van der Waals surface area (Å²) in [6, 6.07) is 0. The van der Waals surface area contributed by atoms with Crippen molar-refractivity contribution >= 4 is 86.8 Å². The van der Waals surface area contributed by atoms with Gasteiger partial charge in [-0.2, -0.15) is 0 Å². The van der Waals surface area contributed by atoms with E-state index in [9.17, 15) is 0 Å². The van der Waals surface area contributed by atoms with E-state index in [1.165, 1.54) is 0 Å². The van der Waals surface area contributed by atoms with Crippen molar-refractivity contribution in [3.8, 4) is 0 Å². The van der Waals surface area contributed by atoms with Crippen LogP contribution in [0.25, 0.3) is 0 Å². The van der Waals surface area contributed by atoms with Gasteiger partial charge in [-0.05, 0) is 0 Å². The van der Waals surface area contributed by atoms with E-state index in [1.54, 1.807) is 0 Å². The van der Waals surface area contributed by atoms with Crippen LogP contribution in [0.2, 0.25) is 0 Å². The first-order valence-electron chi connectivity index (χ1n) is 0. The molecule has 0 saturated carbocycles. The van der Waals surface area contributed by atoms with Gasteiger partial charge < -0.3 is 0 Å². The van der Waals surface area contributed by atoms with Gasteiger partial charge >= 0.3 is 0 Å².